The monoisotopic (exact) mass is 308 g/mol. The minimum Gasteiger partial charge on any atom is -0.397 e. The predicted octanol–water partition coefficient (Wildman–Crippen LogP) is 2.62. The molecule has 2 aromatic rings. The van der Waals surface area contributed by atoms with Crippen LogP contribution in [-0.4, -0.2) is 11.9 Å². The number of rotatable bonds is 2. The van der Waals surface area contributed by atoms with E-state index >= 15 is 0 Å². The fourth-order valence-corrected chi connectivity index (χ4v) is 3.88. The lowest BCUT2D eigenvalue weighted by molar-refractivity contribution is 0.0951. The van der Waals surface area contributed by atoms with Crippen molar-refractivity contribution >= 4 is 23.0 Å². The molecule has 0 bridgehead atoms. The molecule has 6 N–H and O–H groups in total. The molecule has 0 aliphatic carbocycles. The third-order valence-electron chi connectivity index (χ3n) is 5.01. The van der Waals surface area contributed by atoms with E-state index in [-0.39, 0.29) is 23.9 Å². The highest BCUT2D eigenvalue weighted by atomic mass is 16.2. The summed E-state index contributed by atoms with van der Waals surface area (Å²) in [4.78, 5) is 12.4. The number of nitrogens with two attached hydrogens (primary N) is 2. The summed E-state index contributed by atoms with van der Waals surface area (Å²) < 4.78 is 0. The smallest absolute Gasteiger partial charge is 0.252 e. The third-order valence-corrected chi connectivity index (χ3v) is 5.01. The van der Waals surface area contributed by atoms with Crippen molar-refractivity contribution in [3.8, 4) is 0 Å². The lowest BCUT2D eigenvalue weighted by Gasteiger charge is -2.26. The summed E-state index contributed by atoms with van der Waals surface area (Å²) in [5.41, 5.74) is 16.8. The van der Waals surface area contributed by atoms with Crippen molar-refractivity contribution < 1.29 is 4.79 Å². The van der Waals surface area contributed by atoms with Crippen molar-refractivity contribution in [1.29, 1.82) is 0 Å². The maximum atomic E-state index is 12.4. The number of nitrogen functional groups attached to an aromatic ring is 2. The van der Waals surface area contributed by atoms with E-state index in [1.165, 1.54) is 5.56 Å². The van der Waals surface area contributed by atoms with Gasteiger partial charge in [-0.1, -0.05) is 25.1 Å². The van der Waals surface area contributed by atoms with Crippen LogP contribution in [0.15, 0.2) is 36.4 Å². The topological polar surface area (TPSA) is 93.2 Å². The minimum atomic E-state index is -0.0819. The molecule has 4 rings (SSSR count). The Morgan fingerprint density at radius 2 is 1.78 bits per heavy atom. The Kier molecular flexibility index (Phi) is 2.98. The number of carbonyl (C=O) groups is 1. The van der Waals surface area contributed by atoms with E-state index in [9.17, 15) is 4.79 Å². The Morgan fingerprint density at radius 1 is 1.04 bits per heavy atom. The van der Waals surface area contributed by atoms with Gasteiger partial charge in [-0.25, -0.2) is 0 Å². The van der Waals surface area contributed by atoms with Gasteiger partial charge in [0.2, 0.25) is 0 Å². The maximum absolute atomic E-state index is 12.4. The number of amides is 1. The molecule has 1 amide bonds. The van der Waals surface area contributed by atoms with E-state index in [4.69, 9.17) is 11.5 Å². The average molecular weight is 308 g/mol. The van der Waals surface area contributed by atoms with Crippen LogP contribution in [0.4, 0.5) is 17.1 Å². The number of benzene rings is 2. The molecule has 0 radical (unpaired) electrons. The van der Waals surface area contributed by atoms with Gasteiger partial charge in [-0.15, -0.1) is 0 Å². The third kappa shape index (κ3) is 1.96. The zero-order valence-electron chi connectivity index (χ0n) is 13.0. The SMILES string of the molecule is CCC1Nc2ccccc2C1C1NC(=O)c2cc(N)c(N)cc21. The Labute approximate surface area is 135 Å². The largest absolute Gasteiger partial charge is 0.397 e. The van der Waals surface area contributed by atoms with Crippen LogP contribution in [-0.2, 0) is 0 Å². The number of anilines is 3. The number of nitrogens with one attached hydrogen (secondary N) is 2. The highest BCUT2D eigenvalue weighted by Gasteiger charge is 2.42. The molecular weight excluding hydrogens is 288 g/mol. The second kappa shape index (κ2) is 4.91. The molecule has 0 saturated carbocycles. The molecule has 0 spiro atoms. The molecule has 23 heavy (non-hydrogen) atoms. The molecule has 0 saturated heterocycles. The van der Waals surface area contributed by atoms with Crippen molar-refractivity contribution in [2.75, 3.05) is 16.8 Å². The van der Waals surface area contributed by atoms with Crippen LogP contribution >= 0.6 is 0 Å². The zero-order chi connectivity index (χ0) is 16.1. The number of para-hydroxylation sites is 1. The molecule has 2 heterocycles. The van der Waals surface area contributed by atoms with E-state index in [0.717, 1.165) is 17.7 Å². The summed E-state index contributed by atoms with van der Waals surface area (Å²) in [7, 11) is 0. The summed E-state index contributed by atoms with van der Waals surface area (Å²) >= 11 is 0. The lowest BCUT2D eigenvalue weighted by atomic mass is 9.83. The van der Waals surface area contributed by atoms with Gasteiger partial charge in [-0.3, -0.25) is 4.79 Å². The summed E-state index contributed by atoms with van der Waals surface area (Å²) in [5.74, 6) is 0.111. The van der Waals surface area contributed by atoms with E-state index < -0.39 is 0 Å². The molecule has 3 unspecified atom stereocenters. The summed E-state index contributed by atoms with van der Waals surface area (Å²) in [6, 6.07) is 12.0. The van der Waals surface area contributed by atoms with Crippen LogP contribution in [0, 0.1) is 0 Å². The first-order valence-corrected chi connectivity index (χ1v) is 7.95. The standard InChI is InChI=1S/C18H20N4O/c1-2-14-16(9-5-3-4-6-15(9)21-14)17-10-7-12(19)13(20)8-11(10)18(23)22-17/h3-8,14,16-17,21H,2,19-20H2,1H3,(H,22,23). The van der Waals surface area contributed by atoms with Gasteiger partial charge in [0.05, 0.1) is 17.4 Å². The molecule has 0 aromatic heterocycles. The van der Waals surface area contributed by atoms with E-state index in [2.05, 4.69) is 29.7 Å². The van der Waals surface area contributed by atoms with Gasteiger partial charge < -0.3 is 22.1 Å². The predicted molar refractivity (Wildman–Crippen MR) is 92.4 cm³/mol. The highest BCUT2D eigenvalue weighted by Crippen LogP contribution is 2.47. The van der Waals surface area contributed by atoms with Crippen molar-refractivity contribution in [1.82, 2.24) is 5.32 Å². The number of carbonyl (C=O) groups excluding carboxylic acids is 1. The van der Waals surface area contributed by atoms with Crippen LogP contribution in [0.2, 0.25) is 0 Å². The lowest BCUT2D eigenvalue weighted by Crippen LogP contribution is -2.31. The van der Waals surface area contributed by atoms with Crippen molar-refractivity contribution in [3.63, 3.8) is 0 Å². The normalized spacial score (nSPS) is 24.7. The summed E-state index contributed by atoms with van der Waals surface area (Å²) in [5, 5.41) is 6.71. The van der Waals surface area contributed by atoms with Gasteiger partial charge in [-0.2, -0.15) is 0 Å². The van der Waals surface area contributed by atoms with E-state index in [0.29, 0.717) is 16.9 Å². The number of hydrogen-bond acceptors (Lipinski definition) is 4. The summed E-state index contributed by atoms with van der Waals surface area (Å²) in [6.07, 6.45) is 0.978. The molecule has 2 aliphatic rings. The highest BCUT2D eigenvalue weighted by molar-refractivity contribution is 6.01. The first kappa shape index (κ1) is 13.9. The van der Waals surface area contributed by atoms with Crippen LogP contribution in [0.3, 0.4) is 0 Å². The molecule has 5 heteroatoms. The molecule has 118 valence electrons. The fourth-order valence-electron chi connectivity index (χ4n) is 3.88. The first-order valence-electron chi connectivity index (χ1n) is 7.95. The Morgan fingerprint density at radius 3 is 2.57 bits per heavy atom. The average Bonchev–Trinajstić information content (AvgIpc) is 3.06. The van der Waals surface area contributed by atoms with Crippen molar-refractivity contribution in [3.05, 3.63) is 53.1 Å². The Balaban J connectivity index is 1.83. The van der Waals surface area contributed by atoms with Crippen LogP contribution < -0.4 is 22.1 Å². The van der Waals surface area contributed by atoms with E-state index in [1.54, 1.807) is 6.07 Å². The Bertz CT molecular complexity index is 802. The van der Waals surface area contributed by atoms with E-state index in [1.807, 2.05) is 18.2 Å². The zero-order valence-corrected chi connectivity index (χ0v) is 13.0. The van der Waals surface area contributed by atoms with Crippen molar-refractivity contribution in [2.24, 2.45) is 0 Å². The summed E-state index contributed by atoms with van der Waals surface area (Å²) in [6.45, 7) is 2.16. The molecule has 0 fully saturated rings. The van der Waals surface area contributed by atoms with Gasteiger partial charge in [0.1, 0.15) is 0 Å². The van der Waals surface area contributed by atoms with Crippen LogP contribution in [0.5, 0.6) is 0 Å². The molecule has 2 aromatic carbocycles. The molecular formula is C18H20N4O. The fraction of sp³-hybridized carbons (Fsp3) is 0.278. The van der Waals surface area contributed by atoms with Gasteiger partial charge in [0, 0.05) is 23.2 Å². The van der Waals surface area contributed by atoms with Gasteiger partial charge >= 0.3 is 0 Å². The van der Waals surface area contributed by atoms with Crippen molar-refractivity contribution in [2.45, 2.75) is 31.3 Å². The van der Waals surface area contributed by atoms with Crippen LogP contribution in [0.1, 0.15) is 46.8 Å². The number of fused-ring (bicyclic) bond motifs is 2. The van der Waals surface area contributed by atoms with Gasteiger partial charge in [0.15, 0.2) is 0 Å². The quantitative estimate of drug-likeness (QED) is 0.642. The molecule has 3 atom stereocenters. The van der Waals surface area contributed by atoms with Gasteiger partial charge in [0.25, 0.3) is 5.91 Å². The first-order chi connectivity index (χ1) is 11.1. The van der Waals surface area contributed by atoms with Crippen LogP contribution in [0.25, 0.3) is 0 Å². The Hall–Kier alpha value is -2.69. The second-order valence-electron chi connectivity index (χ2n) is 6.29. The molecule has 5 nitrogen and oxygen atoms in total. The maximum Gasteiger partial charge on any atom is 0.252 e. The minimum absolute atomic E-state index is 0.0732. The number of hydrogen-bond donors (Lipinski definition) is 4. The molecule has 2 aliphatic heterocycles. The van der Waals surface area contributed by atoms with Gasteiger partial charge in [-0.05, 0) is 35.7 Å². The second-order valence-corrected chi connectivity index (χ2v) is 6.29.